The number of primary amides is 1. The standard InChI is InChI=1S/C26H24Br2F3N3O2/c1-2-16(7-4-3-5-10-26(29,30)31)15-34-24-20(13-18(27)14-21(24)28)23(25(34)36)33-19-9-6-8-17(11-19)12-22(32)35/h2-3,5-6,8-9,11,13-14H,4,7,10,12,15H2,1H3,(H2,32,35)/b5-3-,16-2+,33-23?. The van der Waals surface area contributed by atoms with Crippen molar-refractivity contribution >= 4 is 60.8 Å². The SMILES string of the molecule is C/C=C(\CC/C=C\CC(F)(F)F)CN1C(=O)C(=Nc2cccc(CC(N)=O)c2)c2cc(Br)cc(Br)c21. The molecule has 0 saturated carbocycles. The van der Waals surface area contributed by atoms with Gasteiger partial charge in [0.05, 0.1) is 24.2 Å². The van der Waals surface area contributed by atoms with E-state index in [2.05, 4.69) is 36.9 Å². The minimum Gasteiger partial charge on any atom is -0.369 e. The molecule has 2 aromatic rings. The molecule has 2 amide bonds. The first kappa shape index (κ1) is 27.9. The zero-order valence-corrected chi connectivity index (χ0v) is 22.6. The van der Waals surface area contributed by atoms with E-state index in [0.29, 0.717) is 39.8 Å². The Labute approximate surface area is 224 Å². The number of benzene rings is 2. The Hall–Kier alpha value is -2.72. The largest absolute Gasteiger partial charge is 0.392 e. The molecule has 1 aliphatic rings. The van der Waals surface area contributed by atoms with Gasteiger partial charge in [0.25, 0.3) is 5.91 Å². The van der Waals surface area contributed by atoms with Crippen LogP contribution in [0.15, 0.2) is 74.1 Å². The van der Waals surface area contributed by atoms with Gasteiger partial charge in [-0.1, -0.05) is 51.9 Å². The Balaban J connectivity index is 1.88. The molecule has 0 fully saturated rings. The first-order valence-electron chi connectivity index (χ1n) is 11.1. The molecule has 0 spiro atoms. The van der Waals surface area contributed by atoms with E-state index in [-0.39, 0.29) is 24.6 Å². The molecule has 1 aliphatic heterocycles. The lowest BCUT2D eigenvalue weighted by Gasteiger charge is -2.20. The van der Waals surface area contributed by atoms with Crippen molar-refractivity contribution in [2.45, 2.75) is 38.8 Å². The molecular weight excluding hydrogens is 603 g/mol. The highest BCUT2D eigenvalue weighted by Gasteiger charge is 2.36. The van der Waals surface area contributed by atoms with Crippen molar-refractivity contribution < 1.29 is 22.8 Å². The maximum atomic E-state index is 13.5. The number of halogens is 5. The van der Waals surface area contributed by atoms with Gasteiger partial charge in [-0.05, 0) is 65.5 Å². The summed E-state index contributed by atoms with van der Waals surface area (Å²) in [5.74, 6) is -0.760. The fraction of sp³-hybridized carbons (Fsp3) is 0.269. The monoisotopic (exact) mass is 625 g/mol. The highest BCUT2D eigenvalue weighted by Crippen LogP contribution is 2.40. The van der Waals surface area contributed by atoms with Crippen molar-refractivity contribution in [3.05, 3.63) is 80.3 Å². The molecule has 1 heterocycles. The molecule has 0 unspecified atom stereocenters. The molecule has 5 nitrogen and oxygen atoms in total. The number of hydrogen-bond acceptors (Lipinski definition) is 3. The molecular formula is C26H24Br2F3N3O2. The summed E-state index contributed by atoms with van der Waals surface area (Å²) in [5, 5.41) is 0. The summed E-state index contributed by atoms with van der Waals surface area (Å²) in [6.07, 6.45) is 0.331. The third-order valence-electron chi connectivity index (χ3n) is 5.45. The van der Waals surface area contributed by atoms with E-state index in [0.717, 1.165) is 16.1 Å². The highest BCUT2D eigenvalue weighted by molar-refractivity contribution is 9.11. The van der Waals surface area contributed by atoms with Gasteiger partial charge in [0.2, 0.25) is 5.91 Å². The molecule has 0 bridgehead atoms. The molecule has 0 aromatic heterocycles. The van der Waals surface area contributed by atoms with Crippen LogP contribution in [-0.2, 0) is 16.0 Å². The zero-order chi connectivity index (χ0) is 26.5. The average Bonchev–Trinajstić information content (AvgIpc) is 3.02. The average molecular weight is 627 g/mol. The number of fused-ring (bicyclic) bond motifs is 1. The smallest absolute Gasteiger partial charge is 0.369 e. The Kier molecular flexibility index (Phi) is 9.30. The normalized spacial score (nSPS) is 15.3. The Morgan fingerprint density at radius 1 is 1.17 bits per heavy atom. The Bertz CT molecular complexity index is 1250. The summed E-state index contributed by atoms with van der Waals surface area (Å²) < 4.78 is 38.5. The fourth-order valence-electron chi connectivity index (χ4n) is 3.81. The predicted octanol–water partition coefficient (Wildman–Crippen LogP) is 6.94. The van der Waals surface area contributed by atoms with Crippen molar-refractivity contribution in [3.8, 4) is 0 Å². The molecule has 3 rings (SSSR count). The van der Waals surface area contributed by atoms with Gasteiger partial charge in [-0.3, -0.25) is 9.59 Å². The van der Waals surface area contributed by atoms with Crippen molar-refractivity contribution in [1.29, 1.82) is 0 Å². The molecule has 10 heteroatoms. The number of hydrogen-bond donors (Lipinski definition) is 1. The van der Waals surface area contributed by atoms with Crippen LogP contribution in [0.1, 0.15) is 37.3 Å². The number of allylic oxidation sites excluding steroid dienone is 3. The van der Waals surface area contributed by atoms with Crippen LogP contribution in [0.3, 0.4) is 0 Å². The first-order valence-corrected chi connectivity index (χ1v) is 12.7. The number of amides is 2. The number of nitrogens with zero attached hydrogens (tertiary/aromatic N) is 2. The number of carbonyl (C=O) groups excluding carboxylic acids is 2. The third-order valence-corrected chi connectivity index (χ3v) is 6.51. The van der Waals surface area contributed by atoms with Gasteiger partial charge in [0, 0.05) is 21.1 Å². The van der Waals surface area contributed by atoms with Crippen molar-refractivity contribution in [3.63, 3.8) is 0 Å². The maximum Gasteiger partial charge on any atom is 0.392 e. The molecule has 36 heavy (non-hydrogen) atoms. The van der Waals surface area contributed by atoms with E-state index in [1.54, 1.807) is 29.2 Å². The topological polar surface area (TPSA) is 75.8 Å². The summed E-state index contributed by atoms with van der Waals surface area (Å²) in [6, 6.07) is 10.6. The lowest BCUT2D eigenvalue weighted by molar-refractivity contribution is -0.125. The number of carbonyl (C=O) groups is 2. The van der Waals surface area contributed by atoms with Crippen LogP contribution in [0.5, 0.6) is 0 Å². The first-order chi connectivity index (χ1) is 17.0. The fourth-order valence-corrected chi connectivity index (χ4v) is 5.25. The Morgan fingerprint density at radius 2 is 1.92 bits per heavy atom. The van der Waals surface area contributed by atoms with E-state index in [1.165, 1.54) is 6.08 Å². The van der Waals surface area contributed by atoms with Gasteiger partial charge < -0.3 is 10.6 Å². The van der Waals surface area contributed by atoms with Gasteiger partial charge in [0.15, 0.2) is 0 Å². The van der Waals surface area contributed by atoms with Crippen LogP contribution in [0, 0.1) is 0 Å². The summed E-state index contributed by atoms with van der Waals surface area (Å²) in [4.78, 5) is 31.1. The second kappa shape index (κ2) is 12.0. The lowest BCUT2D eigenvalue weighted by Crippen LogP contribution is -2.32. The molecule has 2 N–H and O–H groups in total. The number of anilines is 1. The minimum absolute atomic E-state index is 0.0640. The summed E-state index contributed by atoms with van der Waals surface area (Å²) in [7, 11) is 0. The third kappa shape index (κ3) is 7.39. The zero-order valence-electron chi connectivity index (χ0n) is 19.4. The minimum atomic E-state index is -4.22. The second-order valence-electron chi connectivity index (χ2n) is 8.22. The highest BCUT2D eigenvalue weighted by atomic mass is 79.9. The van der Waals surface area contributed by atoms with Gasteiger partial charge in [0.1, 0.15) is 5.71 Å². The van der Waals surface area contributed by atoms with E-state index in [9.17, 15) is 22.8 Å². The van der Waals surface area contributed by atoms with E-state index in [1.807, 2.05) is 25.1 Å². The summed E-state index contributed by atoms with van der Waals surface area (Å²) in [5.41, 5.74) is 8.98. The van der Waals surface area contributed by atoms with Crippen molar-refractivity contribution in [2.75, 3.05) is 11.4 Å². The van der Waals surface area contributed by atoms with Crippen LogP contribution in [0.25, 0.3) is 0 Å². The van der Waals surface area contributed by atoms with Gasteiger partial charge in [-0.25, -0.2) is 4.99 Å². The van der Waals surface area contributed by atoms with E-state index in [4.69, 9.17) is 5.73 Å². The van der Waals surface area contributed by atoms with E-state index >= 15 is 0 Å². The number of rotatable bonds is 9. The molecule has 0 aliphatic carbocycles. The van der Waals surface area contributed by atoms with Crippen LogP contribution >= 0.6 is 31.9 Å². The van der Waals surface area contributed by atoms with E-state index < -0.39 is 18.5 Å². The Morgan fingerprint density at radius 3 is 2.58 bits per heavy atom. The quantitative estimate of drug-likeness (QED) is 0.306. The molecule has 2 aromatic carbocycles. The number of alkyl halides is 3. The van der Waals surface area contributed by atoms with Crippen molar-refractivity contribution in [1.82, 2.24) is 0 Å². The predicted molar refractivity (Wildman–Crippen MR) is 143 cm³/mol. The number of aliphatic imine (C=N–C) groups is 1. The molecule has 0 saturated heterocycles. The van der Waals surface area contributed by atoms with Crippen LogP contribution in [0.4, 0.5) is 24.5 Å². The van der Waals surface area contributed by atoms with Crippen LogP contribution in [-0.4, -0.2) is 30.2 Å². The van der Waals surface area contributed by atoms with Gasteiger partial charge in [-0.15, -0.1) is 0 Å². The number of nitrogens with two attached hydrogens (primary N) is 1. The molecule has 0 radical (unpaired) electrons. The maximum absolute atomic E-state index is 13.5. The van der Waals surface area contributed by atoms with Gasteiger partial charge >= 0.3 is 6.18 Å². The summed E-state index contributed by atoms with van der Waals surface area (Å²) >= 11 is 7.02. The molecule has 190 valence electrons. The van der Waals surface area contributed by atoms with Crippen LogP contribution < -0.4 is 10.6 Å². The molecule has 0 atom stereocenters. The van der Waals surface area contributed by atoms with Gasteiger partial charge in [-0.2, -0.15) is 13.2 Å². The van der Waals surface area contributed by atoms with Crippen LogP contribution in [0.2, 0.25) is 0 Å². The summed E-state index contributed by atoms with van der Waals surface area (Å²) in [6.45, 7) is 2.11. The second-order valence-corrected chi connectivity index (χ2v) is 9.99. The lowest BCUT2D eigenvalue weighted by atomic mass is 10.1. The van der Waals surface area contributed by atoms with Crippen molar-refractivity contribution in [2.24, 2.45) is 10.7 Å².